The molecule has 3 rings (SSSR count). The van der Waals surface area contributed by atoms with Crippen molar-refractivity contribution in [1.82, 2.24) is 9.80 Å². The van der Waals surface area contributed by atoms with Gasteiger partial charge in [0.15, 0.2) is 0 Å². The minimum absolute atomic E-state index is 0.0626. The summed E-state index contributed by atoms with van der Waals surface area (Å²) in [6.07, 6.45) is -0.784. The Morgan fingerprint density at radius 3 is 2.59 bits per heavy atom. The molecule has 1 aromatic carbocycles. The van der Waals surface area contributed by atoms with Crippen LogP contribution in [0.4, 0.5) is 9.18 Å². The first kappa shape index (κ1) is 21.0. The molecular weight excluding hydrogens is 379 g/mol. The summed E-state index contributed by atoms with van der Waals surface area (Å²) < 4.78 is 25.4. The van der Waals surface area contributed by atoms with E-state index >= 15 is 0 Å². The molecule has 0 radical (unpaired) electrons. The van der Waals surface area contributed by atoms with Crippen LogP contribution in [0, 0.1) is 6.92 Å². The number of benzene rings is 1. The van der Waals surface area contributed by atoms with E-state index in [1.807, 2.05) is 6.92 Å². The minimum Gasteiger partial charge on any atom is -0.496 e. The van der Waals surface area contributed by atoms with E-state index in [1.54, 1.807) is 39.2 Å². The molecule has 1 N–H and O–H groups in total. The summed E-state index contributed by atoms with van der Waals surface area (Å²) in [6.45, 7) is 7.20. The highest BCUT2D eigenvalue weighted by molar-refractivity contribution is 6.00. The largest absolute Gasteiger partial charge is 0.496 e. The second kappa shape index (κ2) is 7.57. The summed E-state index contributed by atoms with van der Waals surface area (Å²) in [5.74, 6) is 0.121. The van der Waals surface area contributed by atoms with Crippen LogP contribution in [-0.2, 0) is 0 Å². The van der Waals surface area contributed by atoms with Crippen molar-refractivity contribution in [3.8, 4) is 5.75 Å². The number of fused-ring (bicyclic) bond motifs is 1. The van der Waals surface area contributed by atoms with Gasteiger partial charge in [0.1, 0.15) is 17.5 Å². The van der Waals surface area contributed by atoms with Crippen LogP contribution in [0.15, 0.2) is 22.8 Å². The topological polar surface area (TPSA) is 83.2 Å². The Morgan fingerprint density at radius 1 is 1.31 bits per heavy atom. The zero-order valence-electron chi connectivity index (χ0n) is 17.4. The van der Waals surface area contributed by atoms with Gasteiger partial charge in [-0.3, -0.25) is 9.69 Å². The first-order chi connectivity index (χ1) is 13.5. The smallest absolute Gasteiger partial charge is 0.408 e. The maximum Gasteiger partial charge on any atom is 0.408 e. The summed E-state index contributed by atoms with van der Waals surface area (Å²) in [7, 11) is 1.51. The number of rotatable bonds is 3. The highest BCUT2D eigenvalue weighted by Gasteiger charge is 2.40. The van der Waals surface area contributed by atoms with Gasteiger partial charge < -0.3 is 19.2 Å². The third-order valence-corrected chi connectivity index (χ3v) is 5.25. The van der Waals surface area contributed by atoms with Gasteiger partial charge in [0.2, 0.25) is 0 Å². The van der Waals surface area contributed by atoms with E-state index in [1.165, 1.54) is 16.9 Å². The number of hydrogen-bond acceptors (Lipinski definition) is 4. The number of furan rings is 1. The fraction of sp³-hybridized carbons (Fsp3) is 0.524. The molecule has 7 nitrogen and oxygen atoms in total. The number of carbonyl (C=O) groups is 2. The first-order valence-corrected chi connectivity index (χ1v) is 9.54. The third-order valence-electron chi connectivity index (χ3n) is 5.25. The molecule has 0 spiro atoms. The van der Waals surface area contributed by atoms with Gasteiger partial charge in [0.05, 0.1) is 31.3 Å². The Balaban J connectivity index is 1.92. The molecule has 1 fully saturated rings. The normalized spacial score (nSPS) is 20.0. The lowest BCUT2D eigenvalue weighted by molar-refractivity contribution is 0.0126. The zero-order valence-corrected chi connectivity index (χ0v) is 17.4. The van der Waals surface area contributed by atoms with Crippen molar-refractivity contribution in [2.75, 3.05) is 20.2 Å². The Hall–Kier alpha value is -2.77. The molecule has 2 amide bonds. The number of alkyl halides is 1. The predicted molar refractivity (Wildman–Crippen MR) is 106 cm³/mol. The van der Waals surface area contributed by atoms with E-state index in [-0.39, 0.29) is 25.4 Å². The second-order valence-corrected chi connectivity index (χ2v) is 8.49. The van der Waals surface area contributed by atoms with Gasteiger partial charge in [-0.1, -0.05) is 0 Å². The van der Waals surface area contributed by atoms with Crippen molar-refractivity contribution in [2.45, 2.75) is 51.9 Å². The molecular formula is C21H27FN2O5. The molecule has 0 saturated carbocycles. The van der Waals surface area contributed by atoms with Gasteiger partial charge in [-0.15, -0.1) is 0 Å². The average molecular weight is 406 g/mol. The quantitative estimate of drug-likeness (QED) is 0.830. The number of piperidine rings is 1. The van der Waals surface area contributed by atoms with E-state index in [2.05, 4.69) is 0 Å². The van der Waals surface area contributed by atoms with Crippen LogP contribution < -0.4 is 4.74 Å². The van der Waals surface area contributed by atoms with Crippen molar-refractivity contribution < 1.29 is 28.2 Å². The summed E-state index contributed by atoms with van der Waals surface area (Å²) in [5.41, 5.74) is 1.00. The summed E-state index contributed by atoms with van der Waals surface area (Å²) in [4.78, 5) is 27.6. The SMILES string of the molecule is COc1cc(C(=O)N2C[C@H](F)C[C@@H](N(C(=O)O)C(C)(C)C)C2)cc2occ(C)c12. The number of ether oxygens (including phenoxy) is 1. The number of methoxy groups -OCH3 is 1. The number of carbonyl (C=O) groups excluding carboxylic acids is 1. The maximum atomic E-state index is 14.5. The molecule has 1 aliphatic rings. The van der Waals surface area contributed by atoms with Gasteiger partial charge in [0.25, 0.3) is 5.91 Å². The molecule has 0 aliphatic carbocycles. The van der Waals surface area contributed by atoms with Crippen LogP contribution in [0.2, 0.25) is 0 Å². The lowest BCUT2D eigenvalue weighted by Crippen LogP contribution is -2.59. The number of hydrogen-bond donors (Lipinski definition) is 1. The van der Waals surface area contributed by atoms with Crippen LogP contribution in [0.3, 0.4) is 0 Å². The number of carboxylic acid groups (broad SMARTS) is 1. The number of halogens is 1. The van der Waals surface area contributed by atoms with Crippen molar-refractivity contribution in [3.63, 3.8) is 0 Å². The molecule has 158 valence electrons. The average Bonchev–Trinajstić information content (AvgIpc) is 2.99. The number of aryl methyl sites for hydroxylation is 1. The fourth-order valence-electron chi connectivity index (χ4n) is 4.11. The van der Waals surface area contributed by atoms with E-state index < -0.39 is 23.8 Å². The van der Waals surface area contributed by atoms with E-state index in [0.717, 1.165) is 10.9 Å². The molecule has 2 aromatic rings. The van der Waals surface area contributed by atoms with Crippen molar-refractivity contribution in [2.24, 2.45) is 0 Å². The molecule has 1 saturated heterocycles. The molecule has 0 unspecified atom stereocenters. The standard InChI is InChI=1S/C21H27FN2O5/c1-12-11-29-17-7-13(6-16(28-5)18(12)17)19(25)23-9-14(22)8-15(10-23)24(20(26)27)21(2,3)4/h6-7,11,14-15H,8-10H2,1-5H3,(H,26,27)/t14-,15-/m1/s1. The lowest BCUT2D eigenvalue weighted by Gasteiger charge is -2.45. The highest BCUT2D eigenvalue weighted by Crippen LogP contribution is 2.33. The van der Waals surface area contributed by atoms with E-state index in [9.17, 15) is 19.1 Å². The molecule has 0 bridgehead atoms. The monoisotopic (exact) mass is 406 g/mol. The summed E-state index contributed by atoms with van der Waals surface area (Å²) >= 11 is 0. The molecule has 29 heavy (non-hydrogen) atoms. The number of amides is 2. The number of likely N-dealkylation sites (tertiary alicyclic amines) is 1. The Kier molecular flexibility index (Phi) is 5.47. The Bertz CT molecular complexity index is 933. The first-order valence-electron chi connectivity index (χ1n) is 9.54. The van der Waals surface area contributed by atoms with Gasteiger partial charge in [-0.05, 0) is 45.4 Å². The van der Waals surface area contributed by atoms with Crippen molar-refractivity contribution >= 4 is 23.0 Å². The summed E-state index contributed by atoms with van der Waals surface area (Å²) in [6, 6.07) is 2.60. The highest BCUT2D eigenvalue weighted by atomic mass is 19.1. The van der Waals surface area contributed by atoms with E-state index in [0.29, 0.717) is 16.9 Å². The van der Waals surface area contributed by atoms with E-state index in [4.69, 9.17) is 9.15 Å². The number of nitrogens with zero attached hydrogens (tertiary/aromatic N) is 2. The van der Waals surface area contributed by atoms with Gasteiger partial charge in [0, 0.05) is 24.1 Å². The minimum atomic E-state index is -1.31. The Labute approximate surface area is 169 Å². The molecule has 2 atom stereocenters. The van der Waals surface area contributed by atoms with Crippen molar-refractivity contribution in [1.29, 1.82) is 0 Å². The van der Waals surface area contributed by atoms with Crippen LogP contribution in [-0.4, -0.2) is 64.9 Å². The molecule has 2 heterocycles. The van der Waals surface area contributed by atoms with Crippen LogP contribution >= 0.6 is 0 Å². The van der Waals surface area contributed by atoms with Gasteiger partial charge >= 0.3 is 6.09 Å². The molecule has 8 heteroatoms. The van der Waals surface area contributed by atoms with Crippen LogP contribution in [0.25, 0.3) is 11.0 Å². The van der Waals surface area contributed by atoms with Crippen molar-refractivity contribution in [3.05, 3.63) is 29.5 Å². The van der Waals surface area contributed by atoms with Crippen LogP contribution in [0.5, 0.6) is 5.75 Å². The maximum absolute atomic E-state index is 14.5. The molecule has 1 aromatic heterocycles. The van der Waals surface area contributed by atoms with Gasteiger partial charge in [-0.25, -0.2) is 9.18 Å². The zero-order chi connectivity index (χ0) is 21.5. The molecule has 1 aliphatic heterocycles. The Morgan fingerprint density at radius 2 is 2.00 bits per heavy atom. The second-order valence-electron chi connectivity index (χ2n) is 8.49. The lowest BCUT2D eigenvalue weighted by atomic mass is 9.96. The summed E-state index contributed by atoms with van der Waals surface area (Å²) in [5, 5.41) is 10.4. The fourth-order valence-corrected chi connectivity index (χ4v) is 4.11. The predicted octanol–water partition coefficient (Wildman–Crippen LogP) is 4.08. The van der Waals surface area contributed by atoms with Gasteiger partial charge in [-0.2, -0.15) is 0 Å². The van der Waals surface area contributed by atoms with Crippen LogP contribution in [0.1, 0.15) is 43.1 Å². The third kappa shape index (κ3) is 4.02.